The van der Waals surface area contributed by atoms with Gasteiger partial charge in [0.05, 0.1) is 0 Å². The van der Waals surface area contributed by atoms with Crippen molar-refractivity contribution in [2.75, 3.05) is 0 Å². The van der Waals surface area contributed by atoms with E-state index < -0.39 is 23.9 Å². The Morgan fingerprint density at radius 2 is 0.929 bits per heavy atom. The van der Waals surface area contributed by atoms with Gasteiger partial charge in [-0.2, -0.15) is 26.3 Å². The predicted molar refractivity (Wildman–Crippen MR) is 85.6 cm³/mol. The fourth-order valence-corrected chi connectivity index (χ4v) is 2.59. The summed E-state index contributed by atoms with van der Waals surface area (Å²) in [5.74, 6) is 4.60. The first kappa shape index (κ1) is 19.2. The van der Waals surface area contributed by atoms with Crippen molar-refractivity contribution in [3.8, 4) is 23.7 Å². The van der Waals surface area contributed by atoms with E-state index in [9.17, 15) is 35.9 Å². The molecular formula is C20H6F6O2. The number of carbonyl (C=O) groups is 2. The molecule has 2 aromatic rings. The molecule has 0 N–H and O–H groups in total. The van der Waals surface area contributed by atoms with E-state index in [0.717, 1.165) is 48.2 Å². The van der Waals surface area contributed by atoms with E-state index in [2.05, 4.69) is 0 Å². The van der Waals surface area contributed by atoms with E-state index in [-0.39, 0.29) is 33.4 Å². The van der Waals surface area contributed by atoms with Crippen LogP contribution in [0.5, 0.6) is 0 Å². The summed E-state index contributed by atoms with van der Waals surface area (Å²) in [5, 5.41) is 0. The van der Waals surface area contributed by atoms with Crippen LogP contribution in [0, 0.1) is 23.7 Å². The number of ketones is 2. The van der Waals surface area contributed by atoms with Gasteiger partial charge in [0.15, 0.2) is 11.6 Å². The Morgan fingerprint density at radius 3 is 1.25 bits per heavy atom. The molecule has 8 heteroatoms. The van der Waals surface area contributed by atoms with E-state index >= 15 is 0 Å². The third kappa shape index (κ3) is 4.07. The van der Waals surface area contributed by atoms with Gasteiger partial charge in [0.2, 0.25) is 0 Å². The third-order valence-corrected chi connectivity index (χ3v) is 3.71. The monoisotopic (exact) mass is 392 g/mol. The molecule has 0 aliphatic heterocycles. The normalized spacial score (nSPS) is 12.9. The van der Waals surface area contributed by atoms with Crippen molar-refractivity contribution >= 4 is 11.6 Å². The average molecular weight is 392 g/mol. The smallest absolute Gasteiger partial charge is 0.289 e. The molecule has 2 aromatic carbocycles. The molecular weight excluding hydrogens is 386 g/mol. The van der Waals surface area contributed by atoms with Crippen LogP contribution in [0.15, 0.2) is 36.4 Å². The molecule has 3 rings (SSSR count). The van der Waals surface area contributed by atoms with Gasteiger partial charge in [-0.3, -0.25) is 9.59 Å². The lowest BCUT2D eigenvalue weighted by Gasteiger charge is -2.17. The van der Waals surface area contributed by atoms with Crippen molar-refractivity contribution in [1.82, 2.24) is 0 Å². The molecule has 0 heterocycles. The molecule has 0 bridgehead atoms. The Bertz CT molecular complexity index is 1040. The number of hydrogen-bond acceptors (Lipinski definition) is 2. The van der Waals surface area contributed by atoms with Crippen molar-refractivity contribution in [2.24, 2.45) is 0 Å². The van der Waals surface area contributed by atoms with Crippen LogP contribution in [-0.4, -0.2) is 23.9 Å². The topological polar surface area (TPSA) is 34.1 Å². The van der Waals surface area contributed by atoms with Gasteiger partial charge in [-0.05, 0) is 36.4 Å². The maximum absolute atomic E-state index is 12.6. The molecule has 0 unspecified atom stereocenters. The van der Waals surface area contributed by atoms with Crippen LogP contribution in [0.2, 0.25) is 0 Å². The Labute approximate surface area is 154 Å². The average Bonchev–Trinajstić information content (AvgIpc) is 2.61. The van der Waals surface area contributed by atoms with Gasteiger partial charge in [0.25, 0.3) is 0 Å². The molecule has 2 nitrogen and oxygen atoms in total. The number of alkyl halides is 6. The summed E-state index contributed by atoms with van der Waals surface area (Å²) >= 11 is 0. The zero-order chi connectivity index (χ0) is 20.7. The van der Waals surface area contributed by atoms with Gasteiger partial charge in [-0.25, -0.2) is 0 Å². The van der Waals surface area contributed by atoms with Gasteiger partial charge < -0.3 is 0 Å². The second-order valence-corrected chi connectivity index (χ2v) is 5.67. The Hall–Kier alpha value is -3.52. The lowest BCUT2D eigenvalue weighted by Crippen LogP contribution is -2.21. The van der Waals surface area contributed by atoms with Crippen molar-refractivity contribution in [3.63, 3.8) is 0 Å². The summed E-state index contributed by atoms with van der Waals surface area (Å²) in [7, 11) is 0. The minimum absolute atomic E-state index is 0.0732. The lowest BCUT2D eigenvalue weighted by molar-refractivity contribution is -0.0706. The quantitative estimate of drug-likeness (QED) is 0.423. The van der Waals surface area contributed by atoms with Gasteiger partial charge >= 0.3 is 12.4 Å². The van der Waals surface area contributed by atoms with Gasteiger partial charge in [0.1, 0.15) is 0 Å². The highest BCUT2D eigenvalue weighted by Crippen LogP contribution is 2.29. The summed E-state index contributed by atoms with van der Waals surface area (Å²) in [4.78, 5) is 25.2. The van der Waals surface area contributed by atoms with E-state index in [4.69, 9.17) is 0 Å². The molecule has 0 spiro atoms. The Kier molecular flexibility index (Phi) is 4.52. The molecule has 0 atom stereocenters. The highest BCUT2D eigenvalue weighted by molar-refractivity contribution is 6.28. The molecule has 140 valence electrons. The van der Waals surface area contributed by atoms with E-state index in [1.54, 1.807) is 0 Å². The van der Waals surface area contributed by atoms with Crippen LogP contribution < -0.4 is 0 Å². The number of hydrogen-bond donors (Lipinski definition) is 0. The van der Waals surface area contributed by atoms with Crippen molar-refractivity contribution in [2.45, 2.75) is 12.4 Å². The molecule has 28 heavy (non-hydrogen) atoms. The zero-order valence-electron chi connectivity index (χ0n) is 13.5. The second-order valence-electron chi connectivity index (χ2n) is 5.67. The number of halogens is 6. The third-order valence-electron chi connectivity index (χ3n) is 3.71. The molecule has 1 aliphatic carbocycles. The van der Waals surface area contributed by atoms with Crippen molar-refractivity contribution in [3.05, 3.63) is 69.8 Å². The summed E-state index contributed by atoms with van der Waals surface area (Å²) in [6.07, 6.45) is -9.42. The highest BCUT2D eigenvalue weighted by atomic mass is 19.4. The Morgan fingerprint density at radius 1 is 0.571 bits per heavy atom. The Balaban J connectivity index is 2.04. The maximum atomic E-state index is 12.6. The minimum atomic E-state index is -4.71. The van der Waals surface area contributed by atoms with Crippen molar-refractivity contribution in [1.29, 1.82) is 0 Å². The maximum Gasteiger partial charge on any atom is 0.458 e. The molecule has 0 saturated carbocycles. The standard InChI is InChI=1S/C20H6F6O2/c21-19(22,23)7-5-11-1-3-13-15(9-11)18(28)14-4-2-12(6-8-20(24,25)26)10-16(14)17(13)27/h1-4,9-10H. The fraction of sp³-hybridized carbons (Fsp3) is 0.100. The van der Waals surface area contributed by atoms with E-state index in [1.807, 2.05) is 11.8 Å². The van der Waals surface area contributed by atoms with Crippen molar-refractivity contribution < 1.29 is 35.9 Å². The van der Waals surface area contributed by atoms with Crippen LogP contribution in [0.4, 0.5) is 26.3 Å². The predicted octanol–water partition coefficient (Wildman–Crippen LogP) is 4.29. The summed E-state index contributed by atoms with van der Waals surface area (Å²) in [6, 6.07) is 6.78. The molecule has 0 radical (unpaired) electrons. The first-order valence-electron chi connectivity index (χ1n) is 7.52. The molecule has 1 aliphatic rings. The van der Waals surface area contributed by atoms with E-state index in [0.29, 0.717) is 0 Å². The number of benzene rings is 2. The fourth-order valence-electron chi connectivity index (χ4n) is 2.59. The molecule has 0 saturated heterocycles. The first-order valence-corrected chi connectivity index (χ1v) is 7.52. The van der Waals surface area contributed by atoms with Crippen LogP contribution in [0.25, 0.3) is 0 Å². The van der Waals surface area contributed by atoms with Gasteiger partial charge in [0, 0.05) is 45.2 Å². The minimum Gasteiger partial charge on any atom is -0.289 e. The molecule has 0 amide bonds. The first-order chi connectivity index (χ1) is 12.9. The summed E-state index contributed by atoms with van der Waals surface area (Å²) in [5.41, 5.74) is -0.602. The molecule has 0 aromatic heterocycles. The summed E-state index contributed by atoms with van der Waals surface area (Å²) in [6.45, 7) is 0. The van der Waals surface area contributed by atoms with Crippen LogP contribution >= 0.6 is 0 Å². The largest absolute Gasteiger partial charge is 0.458 e. The van der Waals surface area contributed by atoms with Crippen LogP contribution in [0.3, 0.4) is 0 Å². The van der Waals surface area contributed by atoms with Gasteiger partial charge in [-0.15, -0.1) is 0 Å². The number of rotatable bonds is 0. The lowest BCUT2D eigenvalue weighted by atomic mass is 9.82. The van der Waals surface area contributed by atoms with Gasteiger partial charge in [-0.1, -0.05) is 11.8 Å². The molecule has 0 fully saturated rings. The van der Waals surface area contributed by atoms with Crippen LogP contribution in [0.1, 0.15) is 43.0 Å². The van der Waals surface area contributed by atoms with Crippen LogP contribution in [-0.2, 0) is 0 Å². The summed E-state index contributed by atoms with van der Waals surface area (Å²) < 4.78 is 73.3. The second kappa shape index (κ2) is 6.58. The number of fused-ring (bicyclic) bond motifs is 2. The highest BCUT2D eigenvalue weighted by Gasteiger charge is 2.30. The number of carbonyl (C=O) groups excluding carboxylic acids is 2. The zero-order valence-corrected chi connectivity index (χ0v) is 13.5. The van der Waals surface area contributed by atoms with E-state index in [1.165, 1.54) is 0 Å². The SMILES string of the molecule is O=C1c2ccc(C#CC(F)(F)F)cc2C(=O)c2ccc(C#CC(F)(F)F)cc21.